The van der Waals surface area contributed by atoms with Gasteiger partial charge in [-0.15, -0.1) is 0 Å². The first-order chi connectivity index (χ1) is 14.6. The number of nitriles is 1. The maximum absolute atomic E-state index is 12.5. The number of aromatic nitrogens is 1. The smallest absolute Gasteiger partial charge is 0.229 e. The lowest BCUT2D eigenvalue weighted by atomic mass is 9.44. The summed E-state index contributed by atoms with van der Waals surface area (Å²) in [5.74, 6) is 1.77. The summed E-state index contributed by atoms with van der Waals surface area (Å²) in [7, 11) is 0. The zero-order valence-corrected chi connectivity index (χ0v) is 16.6. The summed E-state index contributed by atoms with van der Waals surface area (Å²) in [6.07, 6.45) is 4.45. The van der Waals surface area contributed by atoms with Gasteiger partial charge < -0.3 is 20.5 Å². The van der Waals surface area contributed by atoms with Crippen LogP contribution in [0.4, 0.5) is 5.82 Å². The first-order valence-electron chi connectivity index (χ1n) is 10.5. The lowest BCUT2D eigenvalue weighted by molar-refractivity contribution is -0.153. The van der Waals surface area contributed by atoms with Crippen LogP contribution in [0.1, 0.15) is 24.8 Å². The van der Waals surface area contributed by atoms with Crippen molar-refractivity contribution in [3.8, 4) is 22.9 Å². The number of nitrogens with zero attached hydrogens (tertiary/aromatic N) is 2. The van der Waals surface area contributed by atoms with Crippen LogP contribution in [0.25, 0.3) is 11.1 Å². The zero-order chi connectivity index (χ0) is 20.7. The number of amides is 1. The molecule has 1 amide bonds. The fraction of sp³-hybridized carbons (Fsp3) is 0.435. The van der Waals surface area contributed by atoms with Gasteiger partial charge in [0.1, 0.15) is 23.7 Å². The molecule has 154 valence electrons. The van der Waals surface area contributed by atoms with Crippen LogP contribution in [0.2, 0.25) is 0 Å². The molecule has 2 unspecified atom stereocenters. The van der Waals surface area contributed by atoms with Gasteiger partial charge in [0.2, 0.25) is 5.91 Å². The maximum Gasteiger partial charge on any atom is 0.229 e. The van der Waals surface area contributed by atoms with E-state index in [0.717, 1.165) is 30.4 Å². The first-order valence-corrected chi connectivity index (χ1v) is 10.5. The Morgan fingerprint density at radius 3 is 2.67 bits per heavy atom. The predicted molar refractivity (Wildman–Crippen MR) is 111 cm³/mol. The Morgan fingerprint density at radius 1 is 1.20 bits per heavy atom. The highest BCUT2D eigenvalue weighted by Crippen LogP contribution is 2.57. The van der Waals surface area contributed by atoms with Crippen molar-refractivity contribution in [2.24, 2.45) is 23.5 Å². The number of nitrogens with two attached hydrogens (primary N) is 1. The minimum absolute atomic E-state index is 0.000485. The molecule has 3 N–H and O–H groups in total. The van der Waals surface area contributed by atoms with Crippen LogP contribution in [0.15, 0.2) is 36.5 Å². The highest BCUT2D eigenvalue weighted by Gasteiger charge is 2.62. The van der Waals surface area contributed by atoms with E-state index in [1.165, 1.54) is 0 Å². The number of nitrogens with one attached hydrogen (secondary N) is 1. The number of carbonyl (C=O) groups excluding carboxylic acids is 1. The van der Waals surface area contributed by atoms with Gasteiger partial charge in [-0.25, -0.2) is 4.98 Å². The zero-order valence-electron chi connectivity index (χ0n) is 16.6. The van der Waals surface area contributed by atoms with Crippen molar-refractivity contribution in [2.75, 3.05) is 18.5 Å². The van der Waals surface area contributed by atoms with E-state index in [1.807, 2.05) is 30.3 Å². The molecule has 6 rings (SSSR count). The number of carbonyl (C=O) groups is 1. The number of pyridine rings is 1. The standard InChI is InChI=1S/C23H24N4O3/c24-12-15-9-13(1-2-19(15)30-16-4-7-29-8-5-16)14-3-6-26-20(10-14)27-23(28)21-17-11-18(21)22(17)25/h1-3,6,9-10,16-18,21-22H,4-5,7-8,11,25H2,(H,26,27,28). The van der Waals surface area contributed by atoms with Gasteiger partial charge >= 0.3 is 0 Å². The number of ether oxygens (including phenoxy) is 2. The van der Waals surface area contributed by atoms with E-state index in [0.29, 0.717) is 42.2 Å². The van der Waals surface area contributed by atoms with Crippen LogP contribution in [-0.4, -0.2) is 36.3 Å². The van der Waals surface area contributed by atoms with Crippen LogP contribution in [-0.2, 0) is 9.53 Å². The Kier molecular flexibility index (Phi) is 4.89. The Bertz CT molecular complexity index is 1000. The third-order valence-electron chi connectivity index (χ3n) is 6.66. The average molecular weight is 404 g/mol. The van der Waals surface area contributed by atoms with Crippen molar-refractivity contribution in [1.29, 1.82) is 5.26 Å². The Morgan fingerprint density at radius 2 is 1.97 bits per heavy atom. The van der Waals surface area contributed by atoms with Crippen molar-refractivity contribution < 1.29 is 14.3 Å². The SMILES string of the molecule is N#Cc1cc(-c2ccnc(NC(=O)C3C4CC3C4N)c2)ccc1OC1CCOCC1. The summed E-state index contributed by atoms with van der Waals surface area (Å²) in [5.41, 5.74) is 8.20. The van der Waals surface area contributed by atoms with Gasteiger partial charge in [0.05, 0.1) is 18.8 Å². The number of benzene rings is 1. The Balaban J connectivity index is 1.31. The fourth-order valence-electron chi connectivity index (χ4n) is 4.65. The van der Waals surface area contributed by atoms with Crippen LogP contribution in [0.3, 0.4) is 0 Å². The van der Waals surface area contributed by atoms with E-state index in [2.05, 4.69) is 16.4 Å². The van der Waals surface area contributed by atoms with E-state index >= 15 is 0 Å². The predicted octanol–water partition coefficient (Wildman–Crippen LogP) is 2.71. The summed E-state index contributed by atoms with van der Waals surface area (Å²) in [6, 6.07) is 11.7. The highest BCUT2D eigenvalue weighted by molar-refractivity contribution is 5.94. The van der Waals surface area contributed by atoms with E-state index < -0.39 is 0 Å². The Hall–Kier alpha value is -2.95. The lowest BCUT2D eigenvalue weighted by Gasteiger charge is -2.62. The molecule has 3 aliphatic carbocycles. The molecule has 1 aliphatic heterocycles. The second-order valence-electron chi connectivity index (χ2n) is 8.34. The molecule has 0 spiro atoms. The minimum Gasteiger partial charge on any atom is -0.489 e. The van der Waals surface area contributed by atoms with Crippen LogP contribution >= 0.6 is 0 Å². The van der Waals surface area contributed by atoms with Gasteiger partial charge in [-0.2, -0.15) is 5.26 Å². The van der Waals surface area contributed by atoms with E-state index in [4.69, 9.17) is 15.2 Å². The van der Waals surface area contributed by atoms with Gasteiger partial charge in [0, 0.05) is 31.0 Å². The quantitative estimate of drug-likeness (QED) is 0.793. The Labute approximate surface area is 175 Å². The van der Waals surface area contributed by atoms with Gasteiger partial charge in [-0.05, 0) is 53.6 Å². The second kappa shape index (κ2) is 7.71. The number of rotatable bonds is 5. The molecule has 0 radical (unpaired) electrons. The summed E-state index contributed by atoms with van der Waals surface area (Å²) < 4.78 is 11.4. The third-order valence-corrected chi connectivity index (χ3v) is 6.66. The minimum atomic E-state index is 0.000485. The number of anilines is 1. The van der Waals surface area contributed by atoms with Crippen LogP contribution < -0.4 is 15.8 Å². The first kappa shape index (κ1) is 19.0. The van der Waals surface area contributed by atoms with Crippen molar-refractivity contribution in [2.45, 2.75) is 31.4 Å². The molecule has 1 aromatic carbocycles. The summed E-state index contributed by atoms with van der Waals surface area (Å²) in [6.45, 7) is 1.37. The molecule has 1 aromatic heterocycles. The number of hydrogen-bond donors (Lipinski definition) is 2. The molecule has 7 heteroatoms. The lowest BCUT2D eigenvalue weighted by Crippen LogP contribution is -2.70. The van der Waals surface area contributed by atoms with E-state index in [-0.39, 0.29) is 24.0 Å². The molecule has 2 bridgehead atoms. The van der Waals surface area contributed by atoms with E-state index in [9.17, 15) is 10.1 Å². The largest absolute Gasteiger partial charge is 0.489 e. The summed E-state index contributed by atoms with van der Waals surface area (Å²) in [5, 5.41) is 12.5. The molecule has 2 heterocycles. The molecule has 4 aliphatic rings. The van der Waals surface area contributed by atoms with Crippen molar-refractivity contribution >= 4 is 11.7 Å². The highest BCUT2D eigenvalue weighted by atomic mass is 16.5. The van der Waals surface area contributed by atoms with Gasteiger partial charge in [0.25, 0.3) is 0 Å². The normalized spacial score (nSPS) is 27.3. The molecule has 2 atom stereocenters. The summed E-state index contributed by atoms with van der Waals surface area (Å²) in [4.78, 5) is 16.8. The molecule has 2 aromatic rings. The average Bonchev–Trinajstić information content (AvgIpc) is 2.73. The van der Waals surface area contributed by atoms with Gasteiger partial charge in [-0.1, -0.05) is 6.07 Å². The molecular weight excluding hydrogens is 380 g/mol. The summed E-state index contributed by atoms with van der Waals surface area (Å²) >= 11 is 0. The monoisotopic (exact) mass is 404 g/mol. The van der Waals surface area contributed by atoms with Crippen molar-refractivity contribution in [3.05, 3.63) is 42.1 Å². The van der Waals surface area contributed by atoms with Crippen LogP contribution in [0.5, 0.6) is 5.75 Å². The van der Waals surface area contributed by atoms with E-state index in [1.54, 1.807) is 6.20 Å². The topological polar surface area (TPSA) is 110 Å². The molecule has 1 saturated heterocycles. The van der Waals surface area contributed by atoms with Crippen molar-refractivity contribution in [1.82, 2.24) is 4.98 Å². The molecule has 3 saturated carbocycles. The van der Waals surface area contributed by atoms with Crippen LogP contribution in [0, 0.1) is 29.1 Å². The van der Waals surface area contributed by atoms with Gasteiger partial charge in [-0.3, -0.25) is 4.79 Å². The fourth-order valence-corrected chi connectivity index (χ4v) is 4.65. The molecule has 4 fully saturated rings. The molecular formula is C23H24N4O3. The van der Waals surface area contributed by atoms with Crippen molar-refractivity contribution in [3.63, 3.8) is 0 Å². The second-order valence-corrected chi connectivity index (χ2v) is 8.34. The third kappa shape index (κ3) is 3.32. The molecule has 7 nitrogen and oxygen atoms in total. The van der Waals surface area contributed by atoms with Gasteiger partial charge in [0.15, 0.2) is 0 Å². The molecule has 30 heavy (non-hydrogen) atoms. The maximum atomic E-state index is 12.5. The number of hydrogen-bond acceptors (Lipinski definition) is 6.